The van der Waals surface area contributed by atoms with Crippen LogP contribution in [0, 0.1) is 0 Å². The summed E-state index contributed by atoms with van der Waals surface area (Å²) in [4.78, 5) is 0. The molecule has 0 radical (unpaired) electrons. The predicted octanol–water partition coefficient (Wildman–Crippen LogP) is 6.43. The van der Waals surface area contributed by atoms with Crippen LogP contribution < -0.4 is 0 Å². The molecule has 0 fully saturated rings. The summed E-state index contributed by atoms with van der Waals surface area (Å²) in [6, 6.07) is 0. The van der Waals surface area contributed by atoms with E-state index in [2.05, 4.69) is 23.2 Å². The zero-order valence-corrected chi connectivity index (χ0v) is 12.9. The number of azo groups is 1. The molecule has 19 heavy (non-hydrogen) atoms. The number of nitrogens with zero attached hydrogens (tertiary/aromatic N) is 2. The van der Waals surface area contributed by atoms with Crippen molar-refractivity contribution >= 4 is 0 Å². The lowest BCUT2D eigenvalue weighted by atomic mass is 10.0. The second-order valence-electron chi connectivity index (χ2n) is 5.76. The van der Waals surface area contributed by atoms with E-state index in [0.29, 0.717) is 0 Å². The van der Waals surface area contributed by atoms with Crippen LogP contribution in [0.25, 0.3) is 0 Å². The van der Waals surface area contributed by atoms with Gasteiger partial charge in [-0.3, -0.25) is 0 Å². The van der Waals surface area contributed by atoms with Gasteiger partial charge in [-0.1, -0.05) is 77.6 Å². The van der Waals surface area contributed by atoms with Crippen LogP contribution in [0.15, 0.2) is 22.0 Å². The molecule has 2 heteroatoms. The zero-order valence-electron chi connectivity index (χ0n) is 12.9. The first-order chi connectivity index (χ1) is 9.43. The van der Waals surface area contributed by atoms with E-state index >= 15 is 0 Å². The second kappa shape index (κ2) is 12.4. The van der Waals surface area contributed by atoms with Gasteiger partial charge in [-0.15, -0.1) is 0 Å². The SMILES string of the molecule is CCCCCCCCCCCCCCC1=CCN=N1. The predicted molar refractivity (Wildman–Crippen MR) is 83.5 cm³/mol. The van der Waals surface area contributed by atoms with Crippen molar-refractivity contribution in [1.82, 2.24) is 0 Å². The molecule has 0 aromatic carbocycles. The minimum Gasteiger partial charge on any atom is -0.185 e. The smallest absolute Gasteiger partial charge is 0.0805 e. The van der Waals surface area contributed by atoms with E-state index in [4.69, 9.17) is 0 Å². The summed E-state index contributed by atoms with van der Waals surface area (Å²) in [5, 5.41) is 8.08. The fourth-order valence-electron chi connectivity index (χ4n) is 2.62. The molecule has 0 aromatic rings. The Kier molecular flexibility index (Phi) is 10.7. The third kappa shape index (κ3) is 9.86. The van der Waals surface area contributed by atoms with Gasteiger partial charge in [-0.05, 0) is 18.9 Å². The Morgan fingerprint density at radius 2 is 1.32 bits per heavy atom. The van der Waals surface area contributed by atoms with Crippen LogP contribution in [-0.4, -0.2) is 6.54 Å². The molecule has 0 spiro atoms. The minimum absolute atomic E-state index is 0.813. The van der Waals surface area contributed by atoms with Crippen LogP contribution in [0.4, 0.5) is 0 Å². The quantitative estimate of drug-likeness (QED) is 0.342. The van der Waals surface area contributed by atoms with Crippen LogP contribution >= 0.6 is 0 Å². The second-order valence-corrected chi connectivity index (χ2v) is 5.76. The van der Waals surface area contributed by atoms with Crippen molar-refractivity contribution in [2.75, 3.05) is 6.54 Å². The van der Waals surface area contributed by atoms with Crippen molar-refractivity contribution < 1.29 is 0 Å². The largest absolute Gasteiger partial charge is 0.185 e. The summed E-state index contributed by atoms with van der Waals surface area (Å²) < 4.78 is 0. The number of hydrogen-bond donors (Lipinski definition) is 0. The summed E-state index contributed by atoms with van der Waals surface area (Å²) in [6.07, 6.45) is 20.3. The van der Waals surface area contributed by atoms with Gasteiger partial charge in [0.1, 0.15) is 0 Å². The van der Waals surface area contributed by atoms with Gasteiger partial charge in [0.15, 0.2) is 0 Å². The summed E-state index contributed by atoms with van der Waals surface area (Å²) in [7, 11) is 0. The molecule has 1 heterocycles. The first-order valence-electron chi connectivity index (χ1n) is 8.50. The lowest BCUT2D eigenvalue weighted by Crippen LogP contribution is -1.83. The number of unbranched alkanes of at least 4 members (excludes halogenated alkanes) is 11. The topological polar surface area (TPSA) is 24.7 Å². The zero-order chi connectivity index (χ0) is 13.6. The van der Waals surface area contributed by atoms with Gasteiger partial charge in [0, 0.05) is 0 Å². The van der Waals surface area contributed by atoms with E-state index in [9.17, 15) is 0 Å². The monoisotopic (exact) mass is 264 g/mol. The van der Waals surface area contributed by atoms with E-state index in [1.54, 1.807) is 0 Å². The molecule has 0 aliphatic carbocycles. The van der Waals surface area contributed by atoms with E-state index < -0.39 is 0 Å². The number of rotatable bonds is 13. The highest BCUT2D eigenvalue weighted by atomic mass is 15.1. The van der Waals surface area contributed by atoms with Crippen molar-refractivity contribution in [2.24, 2.45) is 10.2 Å². The van der Waals surface area contributed by atoms with Gasteiger partial charge in [-0.2, -0.15) is 10.2 Å². The maximum absolute atomic E-state index is 4.11. The van der Waals surface area contributed by atoms with Crippen molar-refractivity contribution in [3.63, 3.8) is 0 Å². The van der Waals surface area contributed by atoms with Crippen molar-refractivity contribution in [3.05, 3.63) is 11.8 Å². The average molecular weight is 264 g/mol. The highest BCUT2D eigenvalue weighted by molar-refractivity contribution is 5.03. The summed E-state index contributed by atoms with van der Waals surface area (Å²) >= 11 is 0. The molecule has 1 rings (SSSR count). The van der Waals surface area contributed by atoms with E-state index in [1.807, 2.05) is 0 Å². The highest BCUT2D eigenvalue weighted by Crippen LogP contribution is 2.16. The first-order valence-corrected chi connectivity index (χ1v) is 8.50. The summed E-state index contributed by atoms with van der Waals surface area (Å²) in [5.74, 6) is 0. The molecule has 0 amide bonds. The molecule has 2 nitrogen and oxygen atoms in total. The van der Waals surface area contributed by atoms with Crippen LogP contribution in [0.2, 0.25) is 0 Å². The number of allylic oxidation sites excluding steroid dienone is 1. The van der Waals surface area contributed by atoms with Gasteiger partial charge < -0.3 is 0 Å². The third-order valence-corrected chi connectivity index (χ3v) is 3.89. The van der Waals surface area contributed by atoms with Crippen molar-refractivity contribution in [2.45, 2.75) is 90.4 Å². The summed E-state index contributed by atoms with van der Waals surface area (Å²) in [5.41, 5.74) is 1.21. The van der Waals surface area contributed by atoms with Gasteiger partial charge >= 0.3 is 0 Å². The van der Waals surface area contributed by atoms with Gasteiger partial charge in [0.2, 0.25) is 0 Å². The molecule has 0 saturated carbocycles. The molecule has 0 bridgehead atoms. The van der Waals surface area contributed by atoms with Crippen molar-refractivity contribution in [3.8, 4) is 0 Å². The van der Waals surface area contributed by atoms with Gasteiger partial charge in [0.05, 0.1) is 12.2 Å². The lowest BCUT2D eigenvalue weighted by Gasteiger charge is -2.02. The normalized spacial score (nSPS) is 14.1. The van der Waals surface area contributed by atoms with Crippen molar-refractivity contribution in [1.29, 1.82) is 0 Å². The highest BCUT2D eigenvalue weighted by Gasteiger charge is 2.00. The fourth-order valence-corrected chi connectivity index (χ4v) is 2.62. The minimum atomic E-state index is 0.813. The Balaban J connectivity index is 1.70. The summed E-state index contributed by atoms with van der Waals surface area (Å²) in [6.45, 7) is 3.10. The van der Waals surface area contributed by atoms with E-state index in [1.165, 1.54) is 82.7 Å². The Morgan fingerprint density at radius 3 is 1.79 bits per heavy atom. The Hall–Kier alpha value is -0.660. The van der Waals surface area contributed by atoms with Gasteiger partial charge in [-0.25, -0.2) is 0 Å². The maximum atomic E-state index is 4.11. The standard InChI is InChI=1S/C17H32N2/c1-2-3-4-5-6-7-8-9-10-11-12-13-14-17-15-16-18-19-17/h15H,2-14,16H2,1H3. The van der Waals surface area contributed by atoms with Crippen LogP contribution in [0.3, 0.4) is 0 Å². The molecule has 1 aliphatic heterocycles. The van der Waals surface area contributed by atoms with Crippen LogP contribution in [-0.2, 0) is 0 Å². The Morgan fingerprint density at radius 1 is 0.789 bits per heavy atom. The van der Waals surface area contributed by atoms with Gasteiger partial charge in [0.25, 0.3) is 0 Å². The van der Waals surface area contributed by atoms with Crippen LogP contribution in [0.5, 0.6) is 0 Å². The molecule has 0 N–H and O–H groups in total. The molecule has 0 unspecified atom stereocenters. The van der Waals surface area contributed by atoms with Crippen LogP contribution in [0.1, 0.15) is 90.4 Å². The maximum Gasteiger partial charge on any atom is 0.0805 e. The molecule has 110 valence electrons. The molecular weight excluding hydrogens is 232 g/mol. The average Bonchev–Trinajstić information content (AvgIpc) is 2.93. The first kappa shape index (κ1) is 16.4. The Labute approximate surface area is 119 Å². The Bertz CT molecular complexity index is 256. The number of hydrogen-bond acceptors (Lipinski definition) is 2. The lowest BCUT2D eigenvalue weighted by molar-refractivity contribution is 0.543. The molecule has 0 aromatic heterocycles. The molecule has 1 aliphatic rings. The molecular formula is C17H32N2. The fraction of sp³-hybridized carbons (Fsp3) is 0.882. The van der Waals surface area contributed by atoms with E-state index in [-0.39, 0.29) is 0 Å². The van der Waals surface area contributed by atoms with E-state index in [0.717, 1.165) is 13.0 Å². The third-order valence-electron chi connectivity index (χ3n) is 3.89. The molecule has 0 atom stereocenters. The molecule has 0 saturated heterocycles.